The first kappa shape index (κ1) is 17.9. The Kier molecular flexibility index (Phi) is 4.73. The van der Waals surface area contributed by atoms with Gasteiger partial charge in [0.15, 0.2) is 12.1 Å². The van der Waals surface area contributed by atoms with E-state index >= 15 is 0 Å². The zero-order valence-electron chi connectivity index (χ0n) is 14.9. The van der Waals surface area contributed by atoms with Crippen LogP contribution >= 0.6 is 0 Å². The van der Waals surface area contributed by atoms with E-state index in [1.807, 2.05) is 32.0 Å². The number of aliphatic hydroxyl groups excluding tert-OH is 2. The van der Waals surface area contributed by atoms with Crippen molar-refractivity contribution in [1.82, 2.24) is 0 Å². The summed E-state index contributed by atoms with van der Waals surface area (Å²) >= 11 is 0. The molecule has 6 heteroatoms. The Labute approximate surface area is 152 Å². The summed E-state index contributed by atoms with van der Waals surface area (Å²) < 4.78 is 23.5. The highest BCUT2D eigenvalue weighted by Gasteiger charge is 2.56. The van der Waals surface area contributed by atoms with E-state index < -0.39 is 43.1 Å². The summed E-state index contributed by atoms with van der Waals surface area (Å²) in [5, 5.41) is 21.7. The van der Waals surface area contributed by atoms with Crippen LogP contribution in [-0.2, 0) is 25.6 Å². The van der Waals surface area contributed by atoms with E-state index in [-0.39, 0.29) is 0 Å². The first-order valence-corrected chi connectivity index (χ1v) is 8.86. The van der Waals surface area contributed by atoms with Gasteiger partial charge in [0.25, 0.3) is 0 Å². The maximum Gasteiger partial charge on any atom is 0.190 e. The number of aliphatic hydroxyl groups is 2. The van der Waals surface area contributed by atoms with Gasteiger partial charge in [-0.2, -0.15) is 0 Å². The van der Waals surface area contributed by atoms with E-state index in [0.29, 0.717) is 6.61 Å². The zero-order chi connectivity index (χ0) is 18.3. The number of benzene rings is 2. The van der Waals surface area contributed by atoms with Crippen molar-refractivity contribution in [2.75, 3.05) is 6.61 Å². The summed E-state index contributed by atoms with van der Waals surface area (Å²) in [7, 11) is 0. The smallest absolute Gasteiger partial charge is 0.190 e. The third-order valence-electron chi connectivity index (χ3n) is 4.85. The van der Waals surface area contributed by atoms with Crippen molar-refractivity contribution in [2.24, 2.45) is 0 Å². The van der Waals surface area contributed by atoms with Gasteiger partial charge in [-0.3, -0.25) is 0 Å². The van der Waals surface area contributed by atoms with Gasteiger partial charge in [0.05, 0.1) is 13.2 Å². The fraction of sp³-hybridized carbons (Fsp3) is 0.500. The minimum absolute atomic E-state index is 0.348. The molecule has 0 saturated carbocycles. The minimum atomic E-state index is -1.06. The van der Waals surface area contributed by atoms with E-state index in [1.165, 1.54) is 5.39 Å². The van der Waals surface area contributed by atoms with Gasteiger partial charge in [0.1, 0.15) is 24.4 Å². The molecule has 2 aromatic carbocycles. The lowest BCUT2D eigenvalue weighted by atomic mass is 10.1. The fourth-order valence-electron chi connectivity index (χ4n) is 3.63. The van der Waals surface area contributed by atoms with Crippen molar-refractivity contribution >= 4 is 10.8 Å². The van der Waals surface area contributed by atoms with Crippen LogP contribution in [0, 0.1) is 0 Å². The summed E-state index contributed by atoms with van der Waals surface area (Å²) in [6, 6.07) is 14.3. The van der Waals surface area contributed by atoms with Crippen LogP contribution in [0.3, 0.4) is 0 Å². The molecule has 2 saturated heterocycles. The standard InChI is InChI=1S/C20H24O6/c1-20(2)25-18-17(16(15(22)10-21)24-19(18)26-20)23-11-12-7-8-13-5-3-4-6-14(13)9-12/h3-9,15-19,21-22H,10-11H2,1-2H3/t15?,16?,17-,18-,19-/m1/s1. The molecule has 6 nitrogen and oxygen atoms in total. The van der Waals surface area contributed by atoms with Crippen molar-refractivity contribution in [3.8, 4) is 0 Å². The second kappa shape index (κ2) is 6.88. The molecule has 26 heavy (non-hydrogen) atoms. The van der Waals surface area contributed by atoms with E-state index in [1.54, 1.807) is 0 Å². The molecule has 2 fully saturated rings. The van der Waals surface area contributed by atoms with Crippen LogP contribution in [0.4, 0.5) is 0 Å². The molecular formula is C20H24O6. The molecule has 4 rings (SSSR count). The van der Waals surface area contributed by atoms with Crippen molar-refractivity contribution in [3.05, 3.63) is 48.0 Å². The second-order valence-corrected chi connectivity index (χ2v) is 7.28. The average molecular weight is 360 g/mol. The third-order valence-corrected chi connectivity index (χ3v) is 4.85. The molecule has 2 unspecified atom stereocenters. The van der Waals surface area contributed by atoms with Gasteiger partial charge in [-0.25, -0.2) is 0 Å². The van der Waals surface area contributed by atoms with Crippen molar-refractivity contribution in [1.29, 1.82) is 0 Å². The molecule has 0 aromatic heterocycles. The number of ether oxygens (including phenoxy) is 4. The molecule has 2 aliphatic rings. The summed E-state index contributed by atoms with van der Waals surface area (Å²) in [5.74, 6) is -0.769. The summed E-state index contributed by atoms with van der Waals surface area (Å²) in [5.41, 5.74) is 1.02. The lowest BCUT2D eigenvalue weighted by Gasteiger charge is -2.28. The Morgan fingerprint density at radius 3 is 2.65 bits per heavy atom. The maximum atomic E-state index is 10.1. The normalized spacial score (nSPS) is 31.2. The first-order chi connectivity index (χ1) is 12.5. The van der Waals surface area contributed by atoms with Gasteiger partial charge in [0.2, 0.25) is 0 Å². The molecule has 2 aliphatic heterocycles. The number of rotatable bonds is 5. The van der Waals surface area contributed by atoms with Gasteiger partial charge >= 0.3 is 0 Å². The van der Waals surface area contributed by atoms with Crippen molar-refractivity contribution in [2.45, 2.75) is 56.9 Å². The highest BCUT2D eigenvalue weighted by molar-refractivity contribution is 5.82. The van der Waals surface area contributed by atoms with Gasteiger partial charge < -0.3 is 29.2 Å². The molecule has 2 aromatic rings. The fourth-order valence-corrected chi connectivity index (χ4v) is 3.63. The summed E-state index contributed by atoms with van der Waals surface area (Å²) in [6.07, 6.45) is -3.35. The van der Waals surface area contributed by atoms with E-state index in [2.05, 4.69) is 24.3 Å². The maximum absolute atomic E-state index is 10.1. The summed E-state index contributed by atoms with van der Waals surface area (Å²) in [6.45, 7) is 3.56. The molecule has 140 valence electrons. The Bertz CT molecular complexity index is 776. The van der Waals surface area contributed by atoms with Crippen LogP contribution in [0.25, 0.3) is 10.8 Å². The molecule has 5 atom stereocenters. The molecule has 0 amide bonds. The summed E-state index contributed by atoms with van der Waals surface area (Å²) in [4.78, 5) is 0. The minimum Gasteiger partial charge on any atom is -0.394 e. The molecular weight excluding hydrogens is 336 g/mol. The lowest BCUT2D eigenvalue weighted by molar-refractivity contribution is -0.232. The molecule has 0 bridgehead atoms. The number of hydrogen-bond donors (Lipinski definition) is 2. The van der Waals surface area contributed by atoms with Gasteiger partial charge in [-0.1, -0.05) is 36.4 Å². The zero-order valence-corrected chi connectivity index (χ0v) is 14.9. The van der Waals surface area contributed by atoms with Crippen LogP contribution in [-0.4, -0.2) is 53.3 Å². The molecule has 2 N–H and O–H groups in total. The van der Waals surface area contributed by atoms with E-state index in [9.17, 15) is 10.2 Å². The quantitative estimate of drug-likeness (QED) is 0.849. The SMILES string of the molecule is CC1(C)O[C@H]2OC(C(O)CO)[C@@H](OCc3ccc4ccccc4c3)[C@H]2O1. The Hall–Kier alpha value is -1.54. The first-order valence-electron chi connectivity index (χ1n) is 8.86. The topological polar surface area (TPSA) is 77.4 Å². The third kappa shape index (κ3) is 3.36. The number of hydrogen-bond acceptors (Lipinski definition) is 6. The predicted octanol–water partition coefficient (Wildman–Crippen LogP) is 1.95. The van der Waals surface area contributed by atoms with Crippen molar-refractivity contribution < 1.29 is 29.2 Å². The van der Waals surface area contributed by atoms with E-state index in [0.717, 1.165) is 10.9 Å². The Morgan fingerprint density at radius 2 is 1.88 bits per heavy atom. The highest BCUT2D eigenvalue weighted by Crippen LogP contribution is 2.40. The molecule has 0 spiro atoms. The van der Waals surface area contributed by atoms with Gasteiger partial charge in [-0.05, 0) is 36.2 Å². The van der Waals surface area contributed by atoms with Crippen LogP contribution < -0.4 is 0 Å². The lowest BCUT2D eigenvalue weighted by Crippen LogP contribution is -2.44. The largest absolute Gasteiger partial charge is 0.394 e. The second-order valence-electron chi connectivity index (χ2n) is 7.28. The number of fused-ring (bicyclic) bond motifs is 2. The molecule has 2 heterocycles. The van der Waals surface area contributed by atoms with Crippen LogP contribution in [0.15, 0.2) is 42.5 Å². The van der Waals surface area contributed by atoms with Gasteiger partial charge in [0, 0.05) is 0 Å². The predicted molar refractivity (Wildman–Crippen MR) is 94.3 cm³/mol. The average Bonchev–Trinajstić information content (AvgIpc) is 3.11. The molecule has 0 radical (unpaired) electrons. The van der Waals surface area contributed by atoms with E-state index in [4.69, 9.17) is 18.9 Å². The Balaban J connectivity index is 1.51. The van der Waals surface area contributed by atoms with Gasteiger partial charge in [-0.15, -0.1) is 0 Å². The Morgan fingerprint density at radius 1 is 1.12 bits per heavy atom. The van der Waals surface area contributed by atoms with Crippen LogP contribution in [0.5, 0.6) is 0 Å². The van der Waals surface area contributed by atoms with Crippen molar-refractivity contribution in [3.63, 3.8) is 0 Å². The molecule has 0 aliphatic carbocycles. The van der Waals surface area contributed by atoms with Crippen LogP contribution in [0.2, 0.25) is 0 Å². The highest BCUT2D eigenvalue weighted by atomic mass is 16.8. The van der Waals surface area contributed by atoms with Crippen LogP contribution in [0.1, 0.15) is 19.4 Å². The monoisotopic (exact) mass is 360 g/mol.